The predicted octanol–water partition coefficient (Wildman–Crippen LogP) is 0.929. The van der Waals surface area contributed by atoms with Crippen LogP contribution in [0.5, 0.6) is 0 Å². The summed E-state index contributed by atoms with van der Waals surface area (Å²) in [6.07, 6.45) is 4.22. The lowest BCUT2D eigenvalue weighted by molar-refractivity contribution is -0.573. The van der Waals surface area contributed by atoms with Crippen LogP contribution in [-0.4, -0.2) is 41.7 Å². The predicted molar refractivity (Wildman–Crippen MR) is 63.8 cm³/mol. The summed E-state index contributed by atoms with van der Waals surface area (Å²) in [5, 5.41) is 13.6. The molecule has 8 nitrogen and oxygen atoms in total. The molecule has 2 heterocycles. The fraction of sp³-hybridized carbons (Fsp3) is 1.00. The van der Waals surface area contributed by atoms with Gasteiger partial charge in [0, 0.05) is 11.8 Å². The van der Waals surface area contributed by atoms with E-state index < -0.39 is 31.5 Å². The van der Waals surface area contributed by atoms with Crippen molar-refractivity contribution in [3.8, 4) is 0 Å². The lowest BCUT2D eigenvalue weighted by atomic mass is 10.1. The summed E-state index contributed by atoms with van der Waals surface area (Å²) >= 11 is 0. The number of hydrogen-bond acceptors (Lipinski definition) is 6. The van der Waals surface area contributed by atoms with Crippen molar-refractivity contribution in [2.45, 2.75) is 31.7 Å². The van der Waals surface area contributed by atoms with E-state index >= 15 is 0 Å². The Balaban J connectivity index is 0.000000225. The van der Waals surface area contributed by atoms with E-state index in [4.69, 9.17) is 4.89 Å². The van der Waals surface area contributed by atoms with Crippen molar-refractivity contribution in [1.29, 1.82) is 0 Å². The van der Waals surface area contributed by atoms with Crippen LogP contribution in [0, 0.1) is 10.1 Å². The first kappa shape index (κ1) is 15.5. The topological polar surface area (TPSA) is 111 Å². The number of nitrogens with zero attached hydrogens (tertiary/aromatic N) is 1. The van der Waals surface area contributed by atoms with Crippen LogP contribution in [0.4, 0.5) is 0 Å². The van der Waals surface area contributed by atoms with Crippen molar-refractivity contribution < 1.29 is 23.4 Å². The highest BCUT2D eigenvalue weighted by Crippen LogP contribution is 2.48. The third kappa shape index (κ3) is 4.99. The monoisotopic (exact) mass is 282 g/mol. The van der Waals surface area contributed by atoms with Gasteiger partial charge in [-0.2, -0.15) is 0 Å². The minimum atomic E-state index is -4.01. The summed E-state index contributed by atoms with van der Waals surface area (Å²) in [4.78, 5) is 18.4. The van der Waals surface area contributed by atoms with E-state index in [0.717, 1.165) is 0 Å². The second-order valence-corrected chi connectivity index (χ2v) is 6.03. The largest absolute Gasteiger partial charge is 0.472 e. The van der Waals surface area contributed by atoms with E-state index in [9.17, 15) is 14.7 Å². The first-order chi connectivity index (χ1) is 8.36. The molecule has 2 rings (SSSR count). The molecule has 2 fully saturated rings. The Morgan fingerprint density at radius 2 is 1.78 bits per heavy atom. The summed E-state index contributed by atoms with van der Waals surface area (Å²) in [5.41, 5.74) is -1.42. The first-order valence-corrected chi connectivity index (χ1v) is 7.32. The quantitative estimate of drug-likeness (QED) is 0.418. The molecule has 0 spiro atoms. The highest BCUT2D eigenvalue weighted by atomic mass is 31.2. The van der Waals surface area contributed by atoms with Gasteiger partial charge in [0.1, 0.15) is 13.2 Å². The van der Waals surface area contributed by atoms with Crippen molar-refractivity contribution in [2.75, 3.05) is 26.3 Å². The minimum Gasteiger partial charge on any atom is -0.317 e. The van der Waals surface area contributed by atoms with Gasteiger partial charge in [0.05, 0.1) is 0 Å². The first-order valence-electron chi connectivity index (χ1n) is 5.83. The van der Waals surface area contributed by atoms with Crippen LogP contribution in [0.25, 0.3) is 0 Å². The van der Waals surface area contributed by atoms with Crippen LogP contribution in [0.1, 0.15) is 26.2 Å². The third-order valence-corrected chi connectivity index (χ3v) is 3.64. The Morgan fingerprint density at radius 3 is 2.06 bits per heavy atom. The average molecular weight is 282 g/mol. The molecule has 2 aliphatic rings. The van der Waals surface area contributed by atoms with Crippen molar-refractivity contribution in [1.82, 2.24) is 5.32 Å². The highest BCUT2D eigenvalue weighted by Gasteiger charge is 2.47. The molecule has 2 N–H and O–H groups in total. The molecule has 0 aromatic rings. The number of nitrogens with one attached hydrogen (secondary N) is 1. The van der Waals surface area contributed by atoms with Gasteiger partial charge in [-0.05, 0) is 25.9 Å². The number of phosphoric ester groups is 1. The third-order valence-electron chi connectivity index (χ3n) is 2.73. The van der Waals surface area contributed by atoms with Crippen LogP contribution in [0.2, 0.25) is 0 Å². The van der Waals surface area contributed by atoms with Gasteiger partial charge in [0.25, 0.3) is 5.54 Å². The number of phosphoric acid groups is 1. The van der Waals surface area contributed by atoms with E-state index in [1.165, 1.54) is 39.3 Å². The number of piperidine rings is 1. The molecule has 0 saturated carbocycles. The van der Waals surface area contributed by atoms with Crippen molar-refractivity contribution >= 4 is 7.82 Å². The summed E-state index contributed by atoms with van der Waals surface area (Å²) < 4.78 is 19.2. The molecule has 0 aromatic carbocycles. The molecule has 9 heteroatoms. The zero-order valence-electron chi connectivity index (χ0n) is 10.3. The summed E-state index contributed by atoms with van der Waals surface area (Å²) in [5.74, 6) is 0. The standard InChI is InChI=1S/C5H11N.C4H8NO6P/c1-2-4-6-5-3-1;1-4(5(6)7)2-10-12(8,9)11-3-4/h6H,1-5H2;2-3H2,1H3,(H,8,9). The SMILES string of the molecule is C1CCNCC1.CC1([N+](=O)[O-])COP(=O)(O)OC1. The molecule has 2 saturated heterocycles. The second-order valence-electron chi connectivity index (χ2n) is 4.58. The van der Waals surface area contributed by atoms with Crippen molar-refractivity contribution in [3.05, 3.63) is 10.1 Å². The van der Waals surface area contributed by atoms with Gasteiger partial charge < -0.3 is 10.2 Å². The molecule has 0 unspecified atom stereocenters. The maximum atomic E-state index is 10.6. The Hall–Kier alpha value is -0.530. The molecule has 0 aromatic heterocycles. The lowest BCUT2D eigenvalue weighted by Gasteiger charge is -2.27. The van der Waals surface area contributed by atoms with E-state index in [1.54, 1.807) is 0 Å². The van der Waals surface area contributed by atoms with Gasteiger partial charge >= 0.3 is 7.82 Å². The zero-order chi connectivity index (χ0) is 13.6. The smallest absolute Gasteiger partial charge is 0.317 e. The van der Waals surface area contributed by atoms with Gasteiger partial charge in [0.2, 0.25) is 0 Å². The maximum absolute atomic E-state index is 10.6. The number of hydrogen-bond donors (Lipinski definition) is 2. The Labute approximate surface area is 105 Å². The minimum absolute atomic E-state index is 0.409. The van der Waals surface area contributed by atoms with Gasteiger partial charge in [0.15, 0.2) is 0 Å². The molecule has 0 aliphatic carbocycles. The molecule has 0 amide bonds. The molecule has 0 bridgehead atoms. The van der Waals surface area contributed by atoms with E-state index in [1.807, 2.05) is 0 Å². The van der Waals surface area contributed by atoms with Crippen molar-refractivity contribution in [2.24, 2.45) is 0 Å². The molecule has 106 valence electrons. The summed E-state index contributed by atoms with van der Waals surface area (Å²) in [6, 6.07) is 0. The molecule has 2 aliphatic heterocycles. The van der Waals surface area contributed by atoms with Crippen LogP contribution < -0.4 is 5.32 Å². The molecule has 0 radical (unpaired) electrons. The molecular formula is C9H19N2O6P. The Bertz CT molecular complexity index is 310. The number of nitro groups is 1. The lowest BCUT2D eigenvalue weighted by Crippen LogP contribution is -2.46. The van der Waals surface area contributed by atoms with Crippen LogP contribution in [0.3, 0.4) is 0 Å². The average Bonchev–Trinajstić information content (AvgIpc) is 2.36. The van der Waals surface area contributed by atoms with Crippen molar-refractivity contribution in [3.63, 3.8) is 0 Å². The van der Waals surface area contributed by atoms with Gasteiger partial charge in [-0.15, -0.1) is 0 Å². The summed E-state index contributed by atoms with van der Waals surface area (Å²) in [6.45, 7) is 2.97. The van der Waals surface area contributed by atoms with Gasteiger partial charge in [-0.1, -0.05) is 6.42 Å². The Kier molecular flexibility index (Phi) is 5.68. The fourth-order valence-electron chi connectivity index (χ4n) is 1.43. The zero-order valence-corrected chi connectivity index (χ0v) is 11.2. The Morgan fingerprint density at radius 1 is 1.28 bits per heavy atom. The molecule has 18 heavy (non-hydrogen) atoms. The summed E-state index contributed by atoms with van der Waals surface area (Å²) in [7, 11) is -4.01. The van der Waals surface area contributed by atoms with Crippen LogP contribution in [0.15, 0.2) is 0 Å². The number of rotatable bonds is 1. The van der Waals surface area contributed by atoms with Crippen LogP contribution in [-0.2, 0) is 13.6 Å². The van der Waals surface area contributed by atoms with E-state index in [0.29, 0.717) is 0 Å². The molecule has 0 atom stereocenters. The fourth-order valence-corrected chi connectivity index (χ4v) is 2.38. The van der Waals surface area contributed by atoms with E-state index in [-0.39, 0.29) is 0 Å². The maximum Gasteiger partial charge on any atom is 0.472 e. The van der Waals surface area contributed by atoms with E-state index in [2.05, 4.69) is 14.4 Å². The highest BCUT2D eigenvalue weighted by molar-refractivity contribution is 7.47. The van der Waals surface area contributed by atoms with Crippen LogP contribution >= 0.6 is 7.82 Å². The van der Waals surface area contributed by atoms with Gasteiger partial charge in [-0.3, -0.25) is 19.2 Å². The normalized spacial score (nSPS) is 36.3. The second kappa shape index (κ2) is 6.58. The molecular weight excluding hydrogens is 263 g/mol. The van der Waals surface area contributed by atoms with Gasteiger partial charge in [-0.25, -0.2) is 4.57 Å².